The van der Waals surface area contributed by atoms with E-state index in [1.807, 2.05) is 13.8 Å². The van der Waals surface area contributed by atoms with Gasteiger partial charge in [0.1, 0.15) is 5.76 Å². The number of carbonyl (C=O) groups is 2. The van der Waals surface area contributed by atoms with Crippen LogP contribution >= 0.6 is 0 Å². The molecule has 2 N–H and O–H groups in total. The monoisotopic (exact) mass is 277 g/mol. The number of aromatic nitrogens is 1. The first-order valence-electron chi connectivity index (χ1n) is 6.14. The number of aromatic carboxylic acids is 2. The van der Waals surface area contributed by atoms with Crippen LogP contribution in [-0.4, -0.2) is 26.7 Å². The van der Waals surface area contributed by atoms with Gasteiger partial charge in [-0.3, -0.25) is 0 Å². The average molecular weight is 277 g/mol. The molecule has 0 atom stereocenters. The highest BCUT2D eigenvalue weighted by Gasteiger charge is 2.19. The van der Waals surface area contributed by atoms with Crippen molar-refractivity contribution in [2.75, 3.05) is 0 Å². The molecule has 0 amide bonds. The molecule has 0 fully saturated rings. The predicted octanol–water partition coefficient (Wildman–Crippen LogP) is 2.65. The fraction of sp³-hybridized carbons (Fsp3) is 0.286. The second kappa shape index (κ2) is 5.24. The minimum absolute atomic E-state index is 0.0324. The number of carboxylic acid groups (broad SMARTS) is 2. The highest BCUT2D eigenvalue weighted by Crippen LogP contribution is 2.22. The molecule has 2 aromatic rings. The maximum absolute atomic E-state index is 11.2. The number of nitrogens with zero attached hydrogens (tertiary/aromatic N) is 1. The van der Waals surface area contributed by atoms with E-state index in [9.17, 15) is 9.59 Å². The topological polar surface area (TPSA) is 92.7 Å². The summed E-state index contributed by atoms with van der Waals surface area (Å²) in [6, 6.07) is 4.50. The van der Waals surface area contributed by atoms with Crippen LogP contribution in [0, 0.1) is 0 Å². The molecule has 106 valence electrons. The quantitative estimate of drug-likeness (QED) is 0.876. The van der Waals surface area contributed by atoms with Crippen molar-refractivity contribution in [3.63, 3.8) is 0 Å². The second-order valence-corrected chi connectivity index (χ2v) is 4.77. The number of hydrogen-bond donors (Lipinski definition) is 2. The van der Waals surface area contributed by atoms with Crippen molar-refractivity contribution in [3.05, 3.63) is 47.2 Å². The van der Waals surface area contributed by atoms with E-state index in [1.165, 1.54) is 6.07 Å². The Kier molecular flexibility index (Phi) is 3.65. The van der Waals surface area contributed by atoms with Crippen molar-refractivity contribution < 1.29 is 24.2 Å². The summed E-state index contributed by atoms with van der Waals surface area (Å²) in [7, 11) is 0. The molecule has 0 saturated heterocycles. The molecule has 2 rings (SSSR count). The van der Waals surface area contributed by atoms with Crippen molar-refractivity contribution in [1.82, 2.24) is 4.57 Å². The molecular weight excluding hydrogens is 262 g/mol. The lowest BCUT2D eigenvalue weighted by molar-refractivity contribution is 0.0658. The highest BCUT2D eigenvalue weighted by atomic mass is 16.4. The van der Waals surface area contributed by atoms with Crippen LogP contribution in [0.15, 0.2) is 28.8 Å². The summed E-state index contributed by atoms with van der Waals surface area (Å²) in [5.74, 6) is -1.73. The van der Waals surface area contributed by atoms with Crippen LogP contribution in [0.25, 0.3) is 0 Å². The highest BCUT2D eigenvalue weighted by molar-refractivity contribution is 5.89. The van der Waals surface area contributed by atoms with Gasteiger partial charge >= 0.3 is 11.9 Å². The van der Waals surface area contributed by atoms with Crippen LogP contribution in [0.4, 0.5) is 0 Å². The van der Waals surface area contributed by atoms with Gasteiger partial charge < -0.3 is 19.2 Å². The molecule has 0 radical (unpaired) electrons. The van der Waals surface area contributed by atoms with Gasteiger partial charge in [0, 0.05) is 11.9 Å². The molecule has 0 aromatic carbocycles. The fourth-order valence-corrected chi connectivity index (χ4v) is 2.19. The van der Waals surface area contributed by atoms with E-state index in [2.05, 4.69) is 0 Å². The lowest BCUT2D eigenvalue weighted by atomic mass is 10.1. The maximum Gasteiger partial charge on any atom is 0.371 e. The van der Waals surface area contributed by atoms with Crippen molar-refractivity contribution in [2.45, 2.75) is 26.3 Å². The van der Waals surface area contributed by atoms with Gasteiger partial charge in [-0.05, 0) is 24.1 Å². The summed E-state index contributed by atoms with van der Waals surface area (Å²) < 4.78 is 6.95. The van der Waals surface area contributed by atoms with Crippen LogP contribution < -0.4 is 0 Å². The molecule has 0 aliphatic heterocycles. The molecule has 0 aliphatic rings. The number of rotatable bonds is 5. The zero-order chi connectivity index (χ0) is 14.9. The fourth-order valence-electron chi connectivity index (χ4n) is 2.19. The largest absolute Gasteiger partial charge is 0.478 e. The lowest BCUT2D eigenvalue weighted by Crippen LogP contribution is -2.09. The summed E-state index contributed by atoms with van der Waals surface area (Å²) in [6.45, 7) is 4.11. The van der Waals surface area contributed by atoms with Crippen molar-refractivity contribution in [3.8, 4) is 0 Å². The average Bonchev–Trinajstić information content (AvgIpc) is 2.95. The molecule has 2 aromatic heterocycles. The van der Waals surface area contributed by atoms with Crippen LogP contribution in [0.3, 0.4) is 0 Å². The SMILES string of the molecule is CC(C)c1c(C(=O)O)ccn1Cc1ccc(C(=O)O)o1. The standard InChI is InChI=1S/C14H15NO5/c1-8(2)12-10(13(16)17)5-6-15(12)7-9-3-4-11(20-9)14(18)19/h3-6,8H,7H2,1-2H3,(H,16,17)(H,18,19). The Balaban J connectivity index is 2.33. The van der Waals surface area contributed by atoms with Crippen LogP contribution in [-0.2, 0) is 6.54 Å². The van der Waals surface area contributed by atoms with Gasteiger partial charge in [-0.2, -0.15) is 0 Å². The second-order valence-electron chi connectivity index (χ2n) is 4.77. The van der Waals surface area contributed by atoms with E-state index in [-0.39, 0.29) is 17.2 Å². The van der Waals surface area contributed by atoms with Crippen LogP contribution in [0.1, 0.15) is 52.1 Å². The molecule has 0 spiro atoms. The van der Waals surface area contributed by atoms with Gasteiger partial charge in [0.15, 0.2) is 0 Å². The summed E-state index contributed by atoms with van der Waals surface area (Å²) in [6.07, 6.45) is 1.67. The third kappa shape index (κ3) is 2.59. The normalized spacial score (nSPS) is 10.9. The van der Waals surface area contributed by atoms with E-state index in [0.29, 0.717) is 18.0 Å². The smallest absolute Gasteiger partial charge is 0.371 e. The Hall–Kier alpha value is -2.50. The first-order chi connectivity index (χ1) is 9.40. The Morgan fingerprint density at radius 3 is 2.40 bits per heavy atom. The molecule has 0 bridgehead atoms. The van der Waals surface area contributed by atoms with Gasteiger partial charge in [-0.15, -0.1) is 0 Å². The molecule has 6 heteroatoms. The molecule has 6 nitrogen and oxygen atoms in total. The molecular formula is C14H15NO5. The zero-order valence-electron chi connectivity index (χ0n) is 11.2. The van der Waals surface area contributed by atoms with Gasteiger partial charge in [-0.1, -0.05) is 13.8 Å². The maximum atomic E-state index is 11.2. The van der Waals surface area contributed by atoms with E-state index in [4.69, 9.17) is 14.6 Å². The minimum Gasteiger partial charge on any atom is -0.478 e. The van der Waals surface area contributed by atoms with Gasteiger partial charge in [-0.25, -0.2) is 9.59 Å². The van der Waals surface area contributed by atoms with Gasteiger partial charge in [0.2, 0.25) is 5.76 Å². The Bertz CT molecular complexity index is 650. The lowest BCUT2D eigenvalue weighted by Gasteiger charge is -2.12. The molecule has 0 aliphatic carbocycles. The minimum atomic E-state index is -1.13. The molecule has 0 saturated carbocycles. The third-order valence-electron chi connectivity index (χ3n) is 2.98. The van der Waals surface area contributed by atoms with Crippen molar-refractivity contribution >= 4 is 11.9 Å². The Morgan fingerprint density at radius 1 is 1.20 bits per heavy atom. The van der Waals surface area contributed by atoms with Gasteiger partial charge in [0.05, 0.1) is 12.1 Å². The van der Waals surface area contributed by atoms with Crippen LogP contribution in [0.2, 0.25) is 0 Å². The van der Waals surface area contributed by atoms with E-state index >= 15 is 0 Å². The van der Waals surface area contributed by atoms with Crippen molar-refractivity contribution in [1.29, 1.82) is 0 Å². The van der Waals surface area contributed by atoms with E-state index in [1.54, 1.807) is 22.9 Å². The Morgan fingerprint density at radius 2 is 1.90 bits per heavy atom. The molecule has 20 heavy (non-hydrogen) atoms. The summed E-state index contributed by atoms with van der Waals surface area (Å²) >= 11 is 0. The third-order valence-corrected chi connectivity index (χ3v) is 2.98. The Labute approximate surface area is 115 Å². The summed E-state index contributed by atoms with van der Waals surface area (Å²) in [4.78, 5) is 21.9. The zero-order valence-corrected chi connectivity index (χ0v) is 11.2. The molecule has 0 unspecified atom stereocenters. The number of hydrogen-bond acceptors (Lipinski definition) is 3. The van der Waals surface area contributed by atoms with Crippen molar-refractivity contribution in [2.24, 2.45) is 0 Å². The van der Waals surface area contributed by atoms with Gasteiger partial charge in [0.25, 0.3) is 0 Å². The summed E-state index contributed by atoms with van der Waals surface area (Å²) in [5, 5.41) is 18.0. The first-order valence-corrected chi connectivity index (χ1v) is 6.14. The van der Waals surface area contributed by atoms with E-state index < -0.39 is 11.9 Å². The summed E-state index contributed by atoms with van der Waals surface area (Å²) in [5.41, 5.74) is 0.941. The first kappa shape index (κ1) is 13.9. The van der Waals surface area contributed by atoms with Crippen LogP contribution in [0.5, 0.6) is 0 Å². The predicted molar refractivity (Wildman–Crippen MR) is 70.2 cm³/mol. The van der Waals surface area contributed by atoms with E-state index in [0.717, 1.165) is 0 Å². The number of furan rings is 1. The molecule has 2 heterocycles. The number of carboxylic acids is 2.